The molecule has 0 saturated heterocycles. The van der Waals surface area contributed by atoms with Gasteiger partial charge in [0.25, 0.3) is 5.91 Å². The smallest absolute Gasteiger partial charge is 0.259 e. The number of anilines is 2. The van der Waals surface area contributed by atoms with Crippen molar-refractivity contribution in [1.29, 1.82) is 0 Å². The zero-order valence-electron chi connectivity index (χ0n) is 9.96. The number of benzene rings is 1. The molecule has 2 aromatic heterocycles. The van der Waals surface area contributed by atoms with Crippen molar-refractivity contribution in [2.75, 3.05) is 11.1 Å². The van der Waals surface area contributed by atoms with Crippen LogP contribution < -0.4 is 11.1 Å². The maximum atomic E-state index is 12.2. The molecule has 0 aliphatic rings. The number of pyridine rings is 1. The van der Waals surface area contributed by atoms with Gasteiger partial charge in [0.15, 0.2) is 0 Å². The van der Waals surface area contributed by atoms with Crippen LogP contribution >= 0.6 is 0 Å². The van der Waals surface area contributed by atoms with Gasteiger partial charge in [-0.05, 0) is 12.1 Å². The van der Waals surface area contributed by atoms with Crippen LogP contribution in [-0.2, 0) is 0 Å². The Hall–Kier alpha value is -2.82. The molecule has 5 nitrogen and oxygen atoms in total. The highest BCUT2D eigenvalue weighted by atomic mass is 16.3. The molecule has 19 heavy (non-hydrogen) atoms. The number of hydrogen-bond donors (Lipinski definition) is 2. The van der Waals surface area contributed by atoms with E-state index in [0.717, 1.165) is 5.39 Å². The summed E-state index contributed by atoms with van der Waals surface area (Å²) >= 11 is 0. The zero-order chi connectivity index (χ0) is 13.2. The summed E-state index contributed by atoms with van der Waals surface area (Å²) in [6.45, 7) is 0. The Morgan fingerprint density at radius 1 is 1.26 bits per heavy atom. The minimum absolute atomic E-state index is 0.261. The predicted molar refractivity (Wildman–Crippen MR) is 72.8 cm³/mol. The molecule has 94 valence electrons. The Morgan fingerprint density at radius 3 is 2.95 bits per heavy atom. The number of amides is 1. The van der Waals surface area contributed by atoms with E-state index in [-0.39, 0.29) is 5.91 Å². The molecule has 0 unspecified atom stereocenters. The summed E-state index contributed by atoms with van der Waals surface area (Å²) in [5, 5.41) is 3.51. The number of nitrogens with zero attached hydrogens (tertiary/aromatic N) is 1. The second-order valence-electron chi connectivity index (χ2n) is 4.06. The molecule has 0 fully saturated rings. The normalized spacial score (nSPS) is 10.5. The van der Waals surface area contributed by atoms with Crippen molar-refractivity contribution < 1.29 is 9.21 Å². The monoisotopic (exact) mass is 253 g/mol. The molecule has 1 aromatic carbocycles. The van der Waals surface area contributed by atoms with Crippen LogP contribution in [0.15, 0.2) is 53.4 Å². The number of nitrogen functional groups attached to an aromatic ring is 1. The van der Waals surface area contributed by atoms with Crippen molar-refractivity contribution in [2.45, 2.75) is 0 Å². The van der Waals surface area contributed by atoms with Crippen LogP contribution in [0.2, 0.25) is 0 Å². The van der Waals surface area contributed by atoms with Gasteiger partial charge in [0.2, 0.25) is 0 Å². The molecule has 0 aliphatic heterocycles. The maximum absolute atomic E-state index is 12.2. The third kappa shape index (κ3) is 2.01. The molecule has 0 saturated carbocycles. The van der Waals surface area contributed by atoms with Gasteiger partial charge in [0, 0.05) is 11.6 Å². The van der Waals surface area contributed by atoms with Crippen molar-refractivity contribution in [2.24, 2.45) is 0 Å². The number of carbonyl (C=O) groups is 1. The topological polar surface area (TPSA) is 81.1 Å². The van der Waals surface area contributed by atoms with Crippen molar-refractivity contribution in [1.82, 2.24) is 4.98 Å². The average Bonchev–Trinajstić information content (AvgIpc) is 2.85. The maximum Gasteiger partial charge on any atom is 0.259 e. The second kappa shape index (κ2) is 4.45. The molecule has 2 heterocycles. The Labute approximate surface area is 109 Å². The largest absolute Gasteiger partial charge is 0.463 e. The number of rotatable bonds is 2. The number of hydrogen-bond acceptors (Lipinski definition) is 4. The minimum atomic E-state index is -0.261. The van der Waals surface area contributed by atoms with Crippen LogP contribution in [0, 0.1) is 0 Å². The molecule has 3 rings (SSSR count). The summed E-state index contributed by atoms with van der Waals surface area (Å²) in [6, 6.07) is 9.01. The third-order valence-corrected chi connectivity index (χ3v) is 2.83. The fourth-order valence-electron chi connectivity index (χ4n) is 1.86. The second-order valence-corrected chi connectivity index (χ2v) is 4.06. The molecular weight excluding hydrogens is 242 g/mol. The van der Waals surface area contributed by atoms with Gasteiger partial charge in [-0.25, -0.2) is 0 Å². The van der Waals surface area contributed by atoms with Gasteiger partial charge in [-0.1, -0.05) is 18.2 Å². The molecule has 0 bridgehead atoms. The van der Waals surface area contributed by atoms with E-state index in [0.29, 0.717) is 22.5 Å². The van der Waals surface area contributed by atoms with E-state index in [1.165, 1.54) is 12.5 Å². The van der Waals surface area contributed by atoms with Gasteiger partial charge >= 0.3 is 0 Å². The molecule has 0 aliphatic carbocycles. The number of nitrogens with one attached hydrogen (secondary N) is 1. The highest BCUT2D eigenvalue weighted by molar-refractivity contribution is 6.12. The Balaban J connectivity index is 1.95. The number of carbonyl (C=O) groups excluding carboxylic acids is 1. The lowest BCUT2D eigenvalue weighted by atomic mass is 10.1. The highest BCUT2D eigenvalue weighted by Gasteiger charge is 2.14. The number of fused-ring (bicyclic) bond motifs is 1. The van der Waals surface area contributed by atoms with Crippen LogP contribution in [0.25, 0.3) is 11.0 Å². The van der Waals surface area contributed by atoms with E-state index in [2.05, 4.69) is 10.3 Å². The first-order valence-electron chi connectivity index (χ1n) is 5.73. The summed E-state index contributed by atoms with van der Waals surface area (Å²) in [5.74, 6) is -0.261. The van der Waals surface area contributed by atoms with Crippen LogP contribution in [0.5, 0.6) is 0 Å². The van der Waals surface area contributed by atoms with E-state index in [9.17, 15) is 4.79 Å². The Morgan fingerprint density at radius 2 is 2.11 bits per heavy atom. The predicted octanol–water partition coefficient (Wildman–Crippen LogP) is 2.66. The van der Waals surface area contributed by atoms with Crippen LogP contribution in [0.4, 0.5) is 11.4 Å². The quantitative estimate of drug-likeness (QED) is 0.735. The Bertz CT molecular complexity index is 749. The van der Waals surface area contributed by atoms with Crippen molar-refractivity contribution >= 4 is 28.3 Å². The van der Waals surface area contributed by atoms with E-state index in [4.69, 9.17) is 10.2 Å². The first-order valence-corrected chi connectivity index (χ1v) is 5.73. The van der Waals surface area contributed by atoms with Gasteiger partial charge in [-0.15, -0.1) is 0 Å². The van der Waals surface area contributed by atoms with Crippen LogP contribution in [-0.4, -0.2) is 10.9 Å². The molecule has 5 heteroatoms. The first-order chi connectivity index (χ1) is 9.25. The summed E-state index contributed by atoms with van der Waals surface area (Å²) in [7, 11) is 0. The van der Waals surface area contributed by atoms with Gasteiger partial charge in [-0.2, -0.15) is 0 Å². The van der Waals surface area contributed by atoms with E-state index < -0.39 is 0 Å². The summed E-state index contributed by atoms with van der Waals surface area (Å²) in [4.78, 5) is 16.1. The number of furan rings is 1. The number of para-hydroxylation sites is 1. The number of nitrogens with two attached hydrogens (primary N) is 1. The lowest BCUT2D eigenvalue weighted by Gasteiger charge is -2.06. The number of aromatic nitrogens is 1. The highest BCUT2D eigenvalue weighted by Crippen LogP contribution is 2.23. The van der Waals surface area contributed by atoms with E-state index >= 15 is 0 Å². The molecule has 0 radical (unpaired) electrons. The molecule has 3 aromatic rings. The standard InChI is InChI=1S/C14H11N3O2/c15-11-7-16-6-5-12(11)17-14(18)10-8-19-13-4-2-1-3-9(10)13/h1-8H,15H2,(H,16,17,18). The first kappa shape index (κ1) is 11.3. The van der Waals surface area contributed by atoms with Crippen molar-refractivity contribution in [3.8, 4) is 0 Å². The molecular formula is C14H11N3O2. The summed E-state index contributed by atoms with van der Waals surface area (Å²) in [6.07, 6.45) is 4.50. The average molecular weight is 253 g/mol. The van der Waals surface area contributed by atoms with Gasteiger partial charge in [-0.3, -0.25) is 9.78 Å². The fourth-order valence-corrected chi connectivity index (χ4v) is 1.86. The SMILES string of the molecule is Nc1cnccc1NC(=O)c1coc2ccccc12. The summed E-state index contributed by atoms with van der Waals surface area (Å²) in [5.41, 5.74) is 7.84. The van der Waals surface area contributed by atoms with Crippen LogP contribution in [0.1, 0.15) is 10.4 Å². The van der Waals surface area contributed by atoms with E-state index in [1.807, 2.05) is 24.3 Å². The van der Waals surface area contributed by atoms with Crippen molar-refractivity contribution in [3.63, 3.8) is 0 Å². The zero-order valence-corrected chi connectivity index (χ0v) is 9.96. The molecule has 3 N–H and O–H groups in total. The van der Waals surface area contributed by atoms with Crippen LogP contribution in [0.3, 0.4) is 0 Å². The minimum Gasteiger partial charge on any atom is -0.463 e. The molecule has 0 atom stereocenters. The van der Waals surface area contributed by atoms with Gasteiger partial charge < -0.3 is 15.5 Å². The lowest BCUT2D eigenvalue weighted by Crippen LogP contribution is -2.12. The lowest BCUT2D eigenvalue weighted by molar-refractivity contribution is 0.102. The van der Waals surface area contributed by atoms with E-state index in [1.54, 1.807) is 12.3 Å². The van der Waals surface area contributed by atoms with Crippen molar-refractivity contribution in [3.05, 3.63) is 54.6 Å². The van der Waals surface area contributed by atoms with Gasteiger partial charge in [0.05, 0.1) is 23.1 Å². The fraction of sp³-hybridized carbons (Fsp3) is 0. The van der Waals surface area contributed by atoms with Gasteiger partial charge in [0.1, 0.15) is 11.8 Å². The summed E-state index contributed by atoms with van der Waals surface area (Å²) < 4.78 is 5.33. The molecule has 1 amide bonds. The molecule has 0 spiro atoms. The Kier molecular flexibility index (Phi) is 2.64. The third-order valence-electron chi connectivity index (χ3n) is 2.83.